The van der Waals surface area contributed by atoms with Crippen LogP contribution in [0.15, 0.2) is 98.2 Å². The second kappa shape index (κ2) is 22.9. The van der Waals surface area contributed by atoms with E-state index in [9.17, 15) is 40.3 Å². The Labute approximate surface area is 426 Å². The molecule has 0 radical (unpaired) electrons. The minimum absolute atomic E-state index is 0.000280. The third-order valence-electron chi connectivity index (χ3n) is 12.3. The zero-order chi connectivity index (χ0) is 52.9. The van der Waals surface area contributed by atoms with Crippen LogP contribution in [0.2, 0.25) is 5.02 Å². The molecule has 7 rings (SSSR count). The molecule has 2 saturated heterocycles. The van der Waals surface area contributed by atoms with Gasteiger partial charge in [-0.1, -0.05) is 43.3 Å². The predicted octanol–water partition coefficient (Wildman–Crippen LogP) is 11.4. The van der Waals surface area contributed by atoms with Crippen molar-refractivity contribution in [1.29, 1.82) is 0 Å². The molecule has 2 aliphatic heterocycles. The number of hydrogen-bond acceptors (Lipinski definition) is 10. The first kappa shape index (κ1) is 54.5. The number of anilines is 1. The van der Waals surface area contributed by atoms with E-state index in [0.717, 1.165) is 24.2 Å². The van der Waals surface area contributed by atoms with Crippen molar-refractivity contribution in [3.63, 3.8) is 0 Å². The molecule has 2 aliphatic rings. The molecular weight excluding hydrogens is 1070 g/mol. The van der Waals surface area contributed by atoms with E-state index in [4.69, 9.17) is 16.0 Å². The molecule has 0 N–H and O–H groups in total. The van der Waals surface area contributed by atoms with Crippen LogP contribution in [-0.4, -0.2) is 122 Å². The van der Waals surface area contributed by atoms with Gasteiger partial charge < -0.3 is 23.5 Å². The van der Waals surface area contributed by atoms with Crippen LogP contribution < -0.4 is 4.90 Å². The number of benzene rings is 3. The second-order valence-corrected chi connectivity index (χ2v) is 18.4. The first-order chi connectivity index (χ1) is 34.5. The molecule has 5 aromatic rings. The number of carbonyl (C=O) groups excluding carboxylic acids is 2. The summed E-state index contributed by atoms with van der Waals surface area (Å²) in [5.74, 6) is -6.60. The van der Waals surface area contributed by atoms with Gasteiger partial charge in [0.05, 0.1) is 17.6 Å². The number of piperazine rings is 2. The number of carbonyl (C=O) groups is 2. The lowest BCUT2D eigenvalue weighted by Gasteiger charge is -2.40. The second-order valence-electron chi connectivity index (χ2n) is 17.1. The van der Waals surface area contributed by atoms with Gasteiger partial charge >= 0.3 is 36.2 Å². The number of alkyl halides is 6. The predicted molar refractivity (Wildman–Crippen MR) is 254 cm³/mol. The molecule has 2 fully saturated rings. The first-order valence-corrected chi connectivity index (χ1v) is 23.8. The standard InChI is InChI=1S/C48H47BrClF9N10O4/c1-5-35(24-37(49)29(4)51)68(26-33-9-7-31(22-39(33)52)41-60-62-43(72-41)47(54,55)56)45(70)67-19-17-65(18-20-67)28(3)21-30-11-12-36(25-38(30)50)69(46(71)66-15-13-64(6-2)14-16-66)27-34-10-8-32(23-40(34)53)42-61-63-44(73-42)48(57,58)59/h5,7-12,22-25,28H,1,6,13-21,26-27H2,2-4H3/b35-24+,37-29-. The van der Waals surface area contributed by atoms with Crippen molar-refractivity contribution >= 4 is 45.3 Å². The number of aromatic nitrogens is 4. The molecule has 73 heavy (non-hydrogen) atoms. The van der Waals surface area contributed by atoms with Crippen molar-refractivity contribution in [2.75, 3.05) is 63.8 Å². The molecule has 14 nitrogen and oxygen atoms in total. The molecule has 0 bridgehead atoms. The fourth-order valence-electron chi connectivity index (χ4n) is 8.15. The summed E-state index contributed by atoms with van der Waals surface area (Å²) >= 11 is 10.1. The van der Waals surface area contributed by atoms with Gasteiger partial charge in [0.15, 0.2) is 0 Å². The summed E-state index contributed by atoms with van der Waals surface area (Å²) in [5.41, 5.74) is 1.02. The Morgan fingerprint density at radius 1 is 0.767 bits per heavy atom. The highest BCUT2D eigenvalue weighted by Crippen LogP contribution is 2.34. The van der Waals surface area contributed by atoms with Crippen LogP contribution in [-0.2, 0) is 31.9 Å². The molecular formula is C48H47BrClF9N10O4. The van der Waals surface area contributed by atoms with Crippen molar-refractivity contribution in [1.82, 2.24) is 44.9 Å². The van der Waals surface area contributed by atoms with E-state index in [1.165, 1.54) is 53.1 Å². The zero-order valence-electron chi connectivity index (χ0n) is 39.4. The summed E-state index contributed by atoms with van der Waals surface area (Å²) in [6.07, 6.45) is -6.74. The normalized spacial score (nSPS) is 16.1. The van der Waals surface area contributed by atoms with E-state index in [-0.39, 0.29) is 64.7 Å². The number of rotatable bonds is 14. The van der Waals surface area contributed by atoms with Crippen LogP contribution in [0.4, 0.5) is 54.8 Å². The maximum Gasteiger partial charge on any atom is 0.470 e. The minimum Gasteiger partial charge on any atom is -0.413 e. The average Bonchev–Trinajstić information content (AvgIpc) is 4.08. The fourth-order valence-corrected chi connectivity index (χ4v) is 8.64. The zero-order valence-corrected chi connectivity index (χ0v) is 41.7. The smallest absolute Gasteiger partial charge is 0.413 e. The average molecular weight is 1110 g/mol. The van der Waals surface area contributed by atoms with Gasteiger partial charge in [-0.3, -0.25) is 14.7 Å². The van der Waals surface area contributed by atoms with Gasteiger partial charge in [0.25, 0.3) is 0 Å². The van der Waals surface area contributed by atoms with E-state index in [0.29, 0.717) is 56.4 Å². The quantitative estimate of drug-likeness (QED) is 0.0782. The largest absolute Gasteiger partial charge is 0.470 e. The third-order valence-corrected chi connectivity index (χ3v) is 13.5. The molecule has 2 aromatic heterocycles. The van der Waals surface area contributed by atoms with Crippen LogP contribution >= 0.6 is 27.5 Å². The van der Waals surface area contributed by atoms with Crippen LogP contribution in [0.25, 0.3) is 22.9 Å². The maximum atomic E-state index is 15.7. The topological polar surface area (TPSA) is 131 Å². The van der Waals surface area contributed by atoms with E-state index < -0.39 is 65.4 Å². The molecule has 1 unspecified atom stereocenters. The number of amides is 4. The van der Waals surface area contributed by atoms with E-state index in [1.54, 1.807) is 28.0 Å². The highest BCUT2D eigenvalue weighted by molar-refractivity contribution is 9.11. The Morgan fingerprint density at radius 3 is 1.74 bits per heavy atom. The van der Waals surface area contributed by atoms with Crippen LogP contribution in [0.3, 0.4) is 0 Å². The number of nitrogens with zero attached hydrogens (tertiary/aromatic N) is 10. The Kier molecular flexibility index (Phi) is 17.1. The molecule has 1 atom stereocenters. The molecule has 25 heteroatoms. The van der Waals surface area contributed by atoms with Crippen LogP contribution in [0, 0.1) is 11.6 Å². The van der Waals surface area contributed by atoms with Gasteiger partial charge in [0, 0.05) is 97.1 Å². The molecule has 3 aromatic carbocycles. The Morgan fingerprint density at radius 2 is 1.27 bits per heavy atom. The maximum absolute atomic E-state index is 15.7. The van der Waals surface area contributed by atoms with E-state index in [2.05, 4.69) is 57.1 Å². The third kappa shape index (κ3) is 13.1. The molecule has 4 amide bonds. The Bertz CT molecular complexity index is 2870. The molecule has 0 spiro atoms. The van der Waals surface area contributed by atoms with Crippen molar-refractivity contribution in [3.05, 3.63) is 134 Å². The van der Waals surface area contributed by atoms with Crippen LogP contribution in [0.5, 0.6) is 0 Å². The molecule has 4 heterocycles. The van der Waals surface area contributed by atoms with Crippen LogP contribution in [0.1, 0.15) is 49.2 Å². The highest BCUT2D eigenvalue weighted by Gasteiger charge is 2.40. The Hall–Kier alpha value is -6.24. The van der Waals surface area contributed by atoms with Gasteiger partial charge in [0.1, 0.15) is 17.5 Å². The minimum atomic E-state index is -4.91. The van der Waals surface area contributed by atoms with E-state index >= 15 is 8.78 Å². The van der Waals surface area contributed by atoms with E-state index in [1.807, 2.05) is 13.8 Å². The first-order valence-electron chi connectivity index (χ1n) is 22.7. The lowest BCUT2D eigenvalue weighted by Crippen LogP contribution is -2.54. The summed E-state index contributed by atoms with van der Waals surface area (Å²) in [6, 6.07) is 11.1. The van der Waals surface area contributed by atoms with Crippen molar-refractivity contribution in [3.8, 4) is 22.9 Å². The van der Waals surface area contributed by atoms with Crippen molar-refractivity contribution in [2.45, 2.75) is 58.7 Å². The lowest BCUT2D eigenvalue weighted by atomic mass is 10.0. The van der Waals surface area contributed by atoms with Crippen molar-refractivity contribution in [2.24, 2.45) is 0 Å². The van der Waals surface area contributed by atoms with Crippen molar-refractivity contribution < 1.29 is 57.9 Å². The van der Waals surface area contributed by atoms with Gasteiger partial charge in [-0.2, -0.15) is 26.3 Å². The number of urea groups is 2. The fraction of sp³-hybridized carbons (Fsp3) is 0.375. The highest BCUT2D eigenvalue weighted by atomic mass is 79.9. The monoisotopic (exact) mass is 1110 g/mol. The molecule has 390 valence electrons. The summed E-state index contributed by atoms with van der Waals surface area (Å²) < 4.78 is 134. The number of likely N-dealkylation sites (N-methyl/N-ethyl adjacent to an activating group) is 1. The summed E-state index contributed by atoms with van der Waals surface area (Å²) in [5, 5.41) is 13.1. The number of halogens is 11. The molecule has 0 saturated carbocycles. The van der Waals surface area contributed by atoms with Gasteiger partial charge in [-0.05, 0) is 96.9 Å². The van der Waals surface area contributed by atoms with Gasteiger partial charge in [-0.25, -0.2) is 22.8 Å². The summed E-state index contributed by atoms with van der Waals surface area (Å²) in [4.78, 5) is 38.7. The van der Waals surface area contributed by atoms with Gasteiger partial charge in [-0.15, -0.1) is 20.4 Å². The summed E-state index contributed by atoms with van der Waals surface area (Å²) in [6.45, 7) is 12.5. The summed E-state index contributed by atoms with van der Waals surface area (Å²) in [7, 11) is 0. The number of hydrogen-bond donors (Lipinski definition) is 0. The van der Waals surface area contributed by atoms with Gasteiger partial charge in [0.2, 0.25) is 11.8 Å². The number of allylic oxidation sites excluding steroid dienone is 4. The molecule has 0 aliphatic carbocycles. The lowest BCUT2D eigenvalue weighted by molar-refractivity contribution is -0.157. The SMILES string of the molecule is C=C/C(=C\C(Br)=C(/C)F)N(Cc1ccc(-c2nnc(C(F)(F)F)o2)cc1F)C(=O)N1CCN(C(C)Cc2ccc(N(Cc3ccc(-c4nnc(C(F)(F)F)o4)cc3F)C(=O)N3CCN(CC)CC3)cc2Cl)CC1. The Balaban J connectivity index is 1.04.